The largest absolute Gasteiger partial charge is 0.405 e. The average molecular weight is 398 g/mol. The molecule has 0 aliphatic carbocycles. The minimum absolute atomic E-state index is 0.223. The van der Waals surface area contributed by atoms with Crippen LogP contribution in [-0.2, 0) is 19.5 Å². The summed E-state index contributed by atoms with van der Waals surface area (Å²) in [7, 11) is 0. The number of halogens is 3. The van der Waals surface area contributed by atoms with Crippen LogP contribution in [-0.4, -0.2) is 23.2 Å². The van der Waals surface area contributed by atoms with Gasteiger partial charge in [-0.3, -0.25) is 4.90 Å². The Bertz CT molecular complexity index is 810. The van der Waals surface area contributed by atoms with Crippen LogP contribution >= 0.6 is 0 Å². The zero-order chi connectivity index (χ0) is 20.7. The molecule has 0 fully saturated rings. The molecule has 29 heavy (non-hydrogen) atoms. The Morgan fingerprint density at radius 3 is 1.41 bits per heavy atom. The normalized spacial score (nSPS) is 14.0. The molecule has 2 atom stereocenters. The lowest BCUT2D eigenvalue weighted by Crippen LogP contribution is -2.55. The molecule has 3 aromatic carbocycles. The number of alkyl halides is 3. The van der Waals surface area contributed by atoms with Crippen LogP contribution in [0.3, 0.4) is 0 Å². The summed E-state index contributed by atoms with van der Waals surface area (Å²) in [4.78, 5) is 1.84. The minimum Gasteiger partial charge on any atom is -0.319 e. The summed E-state index contributed by atoms with van der Waals surface area (Å²) in [6.45, 7) is 0.772. The van der Waals surface area contributed by atoms with Gasteiger partial charge in [0.25, 0.3) is 0 Å². The Kier molecular flexibility index (Phi) is 7.07. The van der Waals surface area contributed by atoms with E-state index in [9.17, 15) is 13.2 Å². The van der Waals surface area contributed by atoms with Crippen molar-refractivity contribution >= 4 is 0 Å². The van der Waals surface area contributed by atoms with Gasteiger partial charge in [-0.25, -0.2) is 0 Å². The Labute approximate surface area is 169 Å². The average Bonchev–Trinajstić information content (AvgIpc) is 2.73. The highest BCUT2D eigenvalue weighted by atomic mass is 19.4. The van der Waals surface area contributed by atoms with Gasteiger partial charge in [-0.05, 0) is 23.1 Å². The second kappa shape index (κ2) is 9.72. The van der Waals surface area contributed by atoms with Crippen molar-refractivity contribution in [2.45, 2.75) is 37.8 Å². The van der Waals surface area contributed by atoms with E-state index in [0.717, 1.165) is 16.7 Å². The molecular formula is C24H25F3N2. The monoisotopic (exact) mass is 398 g/mol. The van der Waals surface area contributed by atoms with E-state index in [0.29, 0.717) is 13.1 Å². The van der Waals surface area contributed by atoms with E-state index in [1.807, 2.05) is 95.9 Å². The summed E-state index contributed by atoms with van der Waals surface area (Å²) in [5.74, 6) is 0. The molecule has 0 aliphatic rings. The lowest BCUT2D eigenvalue weighted by molar-refractivity contribution is -0.163. The number of benzene rings is 3. The zero-order valence-corrected chi connectivity index (χ0v) is 16.1. The molecule has 3 aromatic rings. The maximum absolute atomic E-state index is 13.7. The molecule has 5 heteroatoms. The lowest BCUT2D eigenvalue weighted by atomic mass is 9.96. The first-order chi connectivity index (χ1) is 13.9. The predicted octanol–water partition coefficient (Wildman–Crippen LogP) is 5.19. The third-order valence-electron chi connectivity index (χ3n) is 5.01. The fourth-order valence-electron chi connectivity index (χ4n) is 3.48. The van der Waals surface area contributed by atoms with Gasteiger partial charge in [0.2, 0.25) is 0 Å². The van der Waals surface area contributed by atoms with Crippen molar-refractivity contribution in [3.63, 3.8) is 0 Å². The maximum atomic E-state index is 13.7. The summed E-state index contributed by atoms with van der Waals surface area (Å²) >= 11 is 0. The fourth-order valence-corrected chi connectivity index (χ4v) is 3.48. The summed E-state index contributed by atoms with van der Waals surface area (Å²) in [6.07, 6.45) is -4.26. The summed E-state index contributed by atoms with van der Waals surface area (Å²) in [5.41, 5.74) is 8.53. The van der Waals surface area contributed by atoms with Crippen LogP contribution in [0.2, 0.25) is 0 Å². The van der Waals surface area contributed by atoms with Gasteiger partial charge in [-0.1, -0.05) is 91.0 Å². The highest BCUT2D eigenvalue weighted by Crippen LogP contribution is 2.27. The maximum Gasteiger partial charge on any atom is 0.405 e. The zero-order valence-electron chi connectivity index (χ0n) is 16.1. The summed E-state index contributed by atoms with van der Waals surface area (Å²) in [5, 5.41) is 0. The van der Waals surface area contributed by atoms with Crippen LogP contribution < -0.4 is 5.73 Å². The lowest BCUT2D eigenvalue weighted by Gasteiger charge is -2.36. The third-order valence-corrected chi connectivity index (χ3v) is 5.01. The van der Waals surface area contributed by atoms with Gasteiger partial charge in [-0.2, -0.15) is 13.2 Å². The predicted molar refractivity (Wildman–Crippen MR) is 110 cm³/mol. The third kappa shape index (κ3) is 6.17. The number of rotatable bonds is 8. The van der Waals surface area contributed by atoms with Crippen molar-refractivity contribution in [3.8, 4) is 0 Å². The molecule has 0 aromatic heterocycles. The van der Waals surface area contributed by atoms with Crippen molar-refractivity contribution < 1.29 is 13.2 Å². The van der Waals surface area contributed by atoms with Crippen LogP contribution in [0.15, 0.2) is 91.0 Å². The topological polar surface area (TPSA) is 29.3 Å². The number of nitrogens with zero attached hydrogens (tertiary/aromatic N) is 1. The first-order valence-electron chi connectivity index (χ1n) is 9.61. The SMILES string of the molecule is N[C@@H]([C@H](Cc1ccccc1)N(Cc1ccccc1)Cc1ccccc1)C(F)(F)F. The van der Waals surface area contributed by atoms with Crippen molar-refractivity contribution in [3.05, 3.63) is 108 Å². The number of hydrogen-bond acceptors (Lipinski definition) is 2. The molecule has 0 bridgehead atoms. The van der Waals surface area contributed by atoms with E-state index in [1.165, 1.54) is 0 Å². The van der Waals surface area contributed by atoms with Crippen molar-refractivity contribution in [2.75, 3.05) is 0 Å². The van der Waals surface area contributed by atoms with E-state index in [1.54, 1.807) is 0 Å². The molecule has 0 amide bonds. The Morgan fingerprint density at radius 2 is 1.03 bits per heavy atom. The number of hydrogen-bond donors (Lipinski definition) is 1. The molecular weight excluding hydrogens is 373 g/mol. The molecule has 3 rings (SSSR count). The van der Waals surface area contributed by atoms with Gasteiger partial charge in [0.15, 0.2) is 0 Å². The van der Waals surface area contributed by atoms with Gasteiger partial charge in [0, 0.05) is 19.1 Å². The van der Waals surface area contributed by atoms with Crippen LogP contribution in [0.25, 0.3) is 0 Å². The molecule has 0 aliphatic heterocycles. The second-order valence-electron chi connectivity index (χ2n) is 7.20. The molecule has 0 spiro atoms. The molecule has 0 radical (unpaired) electrons. The van der Waals surface area contributed by atoms with E-state index in [4.69, 9.17) is 5.73 Å². The minimum atomic E-state index is -4.48. The Balaban J connectivity index is 1.95. The van der Waals surface area contributed by atoms with Crippen molar-refractivity contribution in [1.29, 1.82) is 0 Å². The Morgan fingerprint density at radius 1 is 0.655 bits per heavy atom. The van der Waals surface area contributed by atoms with Crippen LogP contribution in [0.5, 0.6) is 0 Å². The van der Waals surface area contributed by atoms with Crippen LogP contribution in [0.1, 0.15) is 16.7 Å². The van der Waals surface area contributed by atoms with E-state index in [2.05, 4.69) is 0 Å². The molecule has 152 valence electrons. The van der Waals surface area contributed by atoms with Crippen LogP contribution in [0.4, 0.5) is 13.2 Å². The molecule has 0 saturated carbocycles. The van der Waals surface area contributed by atoms with Crippen LogP contribution in [0, 0.1) is 0 Å². The van der Waals surface area contributed by atoms with Gasteiger partial charge in [0.1, 0.15) is 6.04 Å². The summed E-state index contributed by atoms with van der Waals surface area (Å²) < 4.78 is 41.1. The van der Waals surface area contributed by atoms with E-state index in [-0.39, 0.29) is 6.42 Å². The molecule has 0 heterocycles. The quantitative estimate of drug-likeness (QED) is 0.566. The van der Waals surface area contributed by atoms with Gasteiger partial charge in [0.05, 0.1) is 0 Å². The highest BCUT2D eigenvalue weighted by molar-refractivity contribution is 5.20. The van der Waals surface area contributed by atoms with E-state index >= 15 is 0 Å². The fraction of sp³-hybridized carbons (Fsp3) is 0.250. The number of nitrogens with two attached hydrogens (primary N) is 1. The first-order valence-corrected chi connectivity index (χ1v) is 9.61. The summed E-state index contributed by atoms with van der Waals surface area (Å²) in [6, 6.07) is 25.5. The standard InChI is InChI=1S/C24H25F3N2/c25-24(26,27)23(28)22(16-19-10-4-1-5-11-19)29(17-20-12-6-2-7-13-20)18-21-14-8-3-9-15-21/h1-15,22-23H,16-18,28H2/t22-,23-/m0/s1. The van der Waals surface area contributed by atoms with Gasteiger partial charge < -0.3 is 5.73 Å². The second-order valence-corrected chi connectivity index (χ2v) is 7.20. The Hall–Kier alpha value is -2.63. The van der Waals surface area contributed by atoms with Crippen molar-refractivity contribution in [2.24, 2.45) is 5.73 Å². The molecule has 0 unspecified atom stereocenters. The highest BCUT2D eigenvalue weighted by Gasteiger charge is 2.44. The molecule has 0 saturated heterocycles. The molecule has 2 nitrogen and oxygen atoms in total. The van der Waals surface area contributed by atoms with Gasteiger partial charge in [-0.15, -0.1) is 0 Å². The first kappa shape index (κ1) is 21.1. The van der Waals surface area contributed by atoms with Gasteiger partial charge >= 0.3 is 6.18 Å². The van der Waals surface area contributed by atoms with E-state index < -0.39 is 18.3 Å². The smallest absolute Gasteiger partial charge is 0.319 e. The van der Waals surface area contributed by atoms with Crippen molar-refractivity contribution in [1.82, 2.24) is 4.90 Å². The molecule has 2 N–H and O–H groups in total.